The molecule has 90 valence electrons. The molecule has 2 heteroatoms. The first-order valence-corrected chi connectivity index (χ1v) is 6.57. The van der Waals surface area contributed by atoms with E-state index >= 15 is 0 Å². The zero-order chi connectivity index (χ0) is 12.0. The van der Waals surface area contributed by atoms with Crippen molar-refractivity contribution in [3.05, 3.63) is 35.0 Å². The fraction of sp³-hybridized carbons (Fsp3) is 0.467. The number of benzene rings is 1. The van der Waals surface area contributed by atoms with Crippen LogP contribution in [0.1, 0.15) is 36.7 Å². The van der Waals surface area contributed by atoms with Gasteiger partial charge in [-0.1, -0.05) is 18.6 Å². The van der Waals surface area contributed by atoms with Crippen molar-refractivity contribution < 1.29 is 0 Å². The molecule has 2 heterocycles. The molecule has 0 fully saturated rings. The molecule has 2 nitrogen and oxygen atoms in total. The van der Waals surface area contributed by atoms with Crippen LogP contribution in [0.3, 0.4) is 0 Å². The Balaban J connectivity index is 2.38. The lowest BCUT2D eigenvalue weighted by Crippen LogP contribution is -2.31. The monoisotopic (exact) mass is 228 g/mol. The molecule has 1 aliphatic rings. The van der Waals surface area contributed by atoms with Crippen molar-refractivity contribution in [1.29, 1.82) is 0 Å². The SMILES string of the molecule is CCc1c2n(c3ccc(C)cc13)CCNC2C. The number of aryl methyl sites for hydroxylation is 2. The molecule has 1 N–H and O–H groups in total. The third kappa shape index (κ3) is 1.51. The van der Waals surface area contributed by atoms with Crippen LogP contribution >= 0.6 is 0 Å². The number of hydrogen-bond acceptors (Lipinski definition) is 1. The van der Waals surface area contributed by atoms with E-state index in [1.807, 2.05) is 0 Å². The molecule has 0 saturated carbocycles. The standard InChI is InChI=1S/C15H20N2/c1-4-12-13-9-10(2)5-6-14(13)17-8-7-16-11(3)15(12)17/h5-6,9,11,16H,4,7-8H2,1-3H3. The summed E-state index contributed by atoms with van der Waals surface area (Å²) in [5.41, 5.74) is 5.80. The van der Waals surface area contributed by atoms with Gasteiger partial charge in [-0.15, -0.1) is 0 Å². The molecule has 1 aromatic carbocycles. The maximum absolute atomic E-state index is 3.57. The third-order valence-electron chi connectivity index (χ3n) is 3.92. The van der Waals surface area contributed by atoms with Crippen LogP contribution in [0.2, 0.25) is 0 Å². The lowest BCUT2D eigenvalue weighted by Gasteiger charge is -2.25. The second kappa shape index (κ2) is 3.88. The Bertz CT molecular complexity index is 566. The van der Waals surface area contributed by atoms with Crippen molar-refractivity contribution in [2.45, 2.75) is 39.8 Å². The zero-order valence-electron chi connectivity index (χ0n) is 10.9. The Kier molecular flexibility index (Phi) is 2.48. The molecular weight excluding hydrogens is 208 g/mol. The predicted molar refractivity (Wildman–Crippen MR) is 72.5 cm³/mol. The minimum absolute atomic E-state index is 0.478. The van der Waals surface area contributed by atoms with E-state index in [0.717, 1.165) is 19.5 Å². The van der Waals surface area contributed by atoms with Gasteiger partial charge in [0.05, 0.1) is 0 Å². The highest BCUT2D eigenvalue weighted by molar-refractivity contribution is 5.86. The molecule has 1 atom stereocenters. The van der Waals surface area contributed by atoms with E-state index in [1.165, 1.54) is 27.7 Å². The quantitative estimate of drug-likeness (QED) is 0.793. The van der Waals surface area contributed by atoms with Crippen LogP contribution in [0.25, 0.3) is 10.9 Å². The highest BCUT2D eigenvalue weighted by Gasteiger charge is 2.23. The molecule has 0 aliphatic carbocycles. The van der Waals surface area contributed by atoms with Gasteiger partial charge in [-0.05, 0) is 38.0 Å². The second-order valence-corrected chi connectivity index (χ2v) is 5.07. The lowest BCUT2D eigenvalue weighted by molar-refractivity contribution is 0.452. The maximum atomic E-state index is 3.57. The van der Waals surface area contributed by atoms with E-state index in [9.17, 15) is 0 Å². The molecule has 0 spiro atoms. The molecule has 1 aliphatic heterocycles. The Hall–Kier alpha value is -1.28. The molecular formula is C15H20N2. The van der Waals surface area contributed by atoms with E-state index in [1.54, 1.807) is 0 Å². The molecule has 17 heavy (non-hydrogen) atoms. The molecule has 0 bridgehead atoms. The van der Waals surface area contributed by atoms with Crippen LogP contribution < -0.4 is 5.32 Å². The van der Waals surface area contributed by atoms with Gasteiger partial charge in [0, 0.05) is 35.7 Å². The molecule has 2 aromatic rings. The number of hydrogen-bond donors (Lipinski definition) is 1. The van der Waals surface area contributed by atoms with Crippen molar-refractivity contribution in [3.63, 3.8) is 0 Å². The minimum atomic E-state index is 0.478. The first kappa shape index (κ1) is 10.8. The van der Waals surface area contributed by atoms with Gasteiger partial charge >= 0.3 is 0 Å². The summed E-state index contributed by atoms with van der Waals surface area (Å²) in [6.07, 6.45) is 1.12. The fourth-order valence-corrected chi connectivity index (χ4v) is 3.15. The van der Waals surface area contributed by atoms with Gasteiger partial charge in [0.2, 0.25) is 0 Å². The Morgan fingerprint density at radius 3 is 3.00 bits per heavy atom. The molecule has 3 rings (SSSR count). The van der Waals surface area contributed by atoms with Crippen LogP contribution in [0.5, 0.6) is 0 Å². The van der Waals surface area contributed by atoms with E-state index in [0.29, 0.717) is 6.04 Å². The number of rotatable bonds is 1. The minimum Gasteiger partial charge on any atom is -0.342 e. The highest BCUT2D eigenvalue weighted by Crippen LogP contribution is 2.33. The summed E-state index contributed by atoms with van der Waals surface area (Å²) in [5.74, 6) is 0. The van der Waals surface area contributed by atoms with Crippen molar-refractivity contribution in [2.75, 3.05) is 6.54 Å². The van der Waals surface area contributed by atoms with E-state index in [4.69, 9.17) is 0 Å². The zero-order valence-corrected chi connectivity index (χ0v) is 10.9. The summed E-state index contributed by atoms with van der Waals surface area (Å²) >= 11 is 0. The van der Waals surface area contributed by atoms with E-state index in [-0.39, 0.29) is 0 Å². The Morgan fingerprint density at radius 2 is 2.24 bits per heavy atom. The summed E-state index contributed by atoms with van der Waals surface area (Å²) in [6.45, 7) is 8.89. The van der Waals surface area contributed by atoms with Gasteiger partial charge in [0.25, 0.3) is 0 Å². The van der Waals surface area contributed by atoms with E-state index < -0.39 is 0 Å². The van der Waals surface area contributed by atoms with Crippen LogP contribution in [-0.2, 0) is 13.0 Å². The molecule has 0 radical (unpaired) electrons. The molecule has 0 saturated heterocycles. The summed E-state index contributed by atoms with van der Waals surface area (Å²) in [4.78, 5) is 0. The van der Waals surface area contributed by atoms with Gasteiger partial charge in [0.1, 0.15) is 0 Å². The van der Waals surface area contributed by atoms with Crippen LogP contribution in [0, 0.1) is 6.92 Å². The largest absolute Gasteiger partial charge is 0.342 e. The van der Waals surface area contributed by atoms with Crippen molar-refractivity contribution in [2.24, 2.45) is 0 Å². The Labute approximate surface area is 103 Å². The summed E-state index contributed by atoms with van der Waals surface area (Å²) in [7, 11) is 0. The topological polar surface area (TPSA) is 17.0 Å². The highest BCUT2D eigenvalue weighted by atomic mass is 15.1. The van der Waals surface area contributed by atoms with Crippen molar-refractivity contribution >= 4 is 10.9 Å². The smallest absolute Gasteiger partial charge is 0.0486 e. The van der Waals surface area contributed by atoms with Crippen LogP contribution in [-0.4, -0.2) is 11.1 Å². The Morgan fingerprint density at radius 1 is 1.41 bits per heavy atom. The molecule has 1 aromatic heterocycles. The van der Waals surface area contributed by atoms with Crippen molar-refractivity contribution in [3.8, 4) is 0 Å². The fourth-order valence-electron chi connectivity index (χ4n) is 3.15. The average molecular weight is 228 g/mol. The first-order chi connectivity index (χ1) is 8.22. The third-order valence-corrected chi connectivity index (χ3v) is 3.92. The summed E-state index contributed by atoms with van der Waals surface area (Å²) in [5, 5.41) is 5.02. The number of nitrogens with one attached hydrogen (secondary N) is 1. The lowest BCUT2D eigenvalue weighted by atomic mass is 10.0. The number of nitrogens with zero attached hydrogens (tertiary/aromatic N) is 1. The molecule has 0 amide bonds. The normalized spacial score (nSPS) is 19.6. The number of aromatic nitrogens is 1. The first-order valence-electron chi connectivity index (χ1n) is 6.57. The summed E-state index contributed by atoms with van der Waals surface area (Å²) < 4.78 is 2.51. The van der Waals surface area contributed by atoms with E-state index in [2.05, 4.69) is 48.9 Å². The predicted octanol–water partition coefficient (Wildman–Crippen LogP) is 3.18. The van der Waals surface area contributed by atoms with Gasteiger partial charge < -0.3 is 9.88 Å². The number of fused-ring (bicyclic) bond motifs is 3. The van der Waals surface area contributed by atoms with Gasteiger partial charge in [0.15, 0.2) is 0 Å². The summed E-state index contributed by atoms with van der Waals surface area (Å²) in [6, 6.07) is 7.32. The van der Waals surface area contributed by atoms with Gasteiger partial charge in [-0.2, -0.15) is 0 Å². The van der Waals surface area contributed by atoms with Crippen LogP contribution in [0.4, 0.5) is 0 Å². The van der Waals surface area contributed by atoms with Gasteiger partial charge in [-0.3, -0.25) is 0 Å². The molecule has 1 unspecified atom stereocenters. The maximum Gasteiger partial charge on any atom is 0.0486 e. The second-order valence-electron chi connectivity index (χ2n) is 5.07. The van der Waals surface area contributed by atoms with Gasteiger partial charge in [-0.25, -0.2) is 0 Å². The van der Waals surface area contributed by atoms with Crippen molar-refractivity contribution in [1.82, 2.24) is 9.88 Å². The van der Waals surface area contributed by atoms with Crippen LogP contribution in [0.15, 0.2) is 18.2 Å². The average Bonchev–Trinajstić information content (AvgIpc) is 2.63.